The fourth-order valence-electron chi connectivity index (χ4n) is 1.14. The Morgan fingerprint density at radius 3 is 2.53 bits per heavy atom. The molecule has 0 N–H and O–H groups in total. The van der Waals surface area contributed by atoms with Crippen LogP contribution in [0.15, 0.2) is 18.2 Å². The van der Waals surface area contributed by atoms with Crippen molar-refractivity contribution in [2.75, 3.05) is 6.61 Å². The molecule has 0 aromatic heterocycles. The van der Waals surface area contributed by atoms with Crippen LogP contribution in [0.25, 0.3) is 0 Å². The summed E-state index contributed by atoms with van der Waals surface area (Å²) < 4.78 is 53.4. The summed E-state index contributed by atoms with van der Waals surface area (Å²) in [6.45, 7) is -0.148. The monoisotopic (exact) mass is 247 g/mol. The predicted octanol–water partition coefficient (Wildman–Crippen LogP) is 3.42. The Morgan fingerprint density at radius 2 is 2.00 bits per heavy atom. The van der Waals surface area contributed by atoms with Crippen LogP contribution in [-0.4, -0.2) is 12.8 Å². The second-order valence-corrected chi connectivity index (χ2v) is 3.32. The van der Waals surface area contributed by atoms with Crippen LogP contribution in [-0.2, 0) is 0 Å². The average Bonchev–Trinajstić information content (AvgIpc) is 2.23. The molecule has 1 rings (SSSR count). The highest BCUT2D eigenvalue weighted by Crippen LogP contribution is 2.22. The van der Waals surface area contributed by atoms with E-state index in [4.69, 9.17) is 10.00 Å². The van der Waals surface area contributed by atoms with Crippen molar-refractivity contribution in [3.05, 3.63) is 29.6 Å². The summed E-state index contributed by atoms with van der Waals surface area (Å²) in [7, 11) is 0. The number of nitrogens with zero attached hydrogens (tertiary/aromatic N) is 1. The van der Waals surface area contributed by atoms with Gasteiger partial charge >= 0.3 is 6.18 Å². The lowest BCUT2D eigenvalue weighted by Crippen LogP contribution is -2.09. The normalized spacial score (nSPS) is 11.0. The molecule has 0 aliphatic rings. The van der Waals surface area contributed by atoms with Crippen LogP contribution in [0.1, 0.15) is 18.4 Å². The Hall–Kier alpha value is -1.77. The summed E-state index contributed by atoms with van der Waals surface area (Å²) in [6, 6.07) is 5.17. The van der Waals surface area contributed by atoms with Crippen molar-refractivity contribution in [3.8, 4) is 11.8 Å². The fraction of sp³-hybridized carbons (Fsp3) is 0.364. The number of hydrogen-bond acceptors (Lipinski definition) is 2. The molecule has 92 valence electrons. The van der Waals surface area contributed by atoms with E-state index in [2.05, 4.69) is 0 Å². The number of benzene rings is 1. The molecule has 0 saturated heterocycles. The maximum atomic E-state index is 13.1. The van der Waals surface area contributed by atoms with Gasteiger partial charge in [0.05, 0.1) is 12.2 Å². The molecule has 0 amide bonds. The van der Waals surface area contributed by atoms with Crippen molar-refractivity contribution in [1.29, 1.82) is 5.26 Å². The Balaban J connectivity index is 2.43. The van der Waals surface area contributed by atoms with Gasteiger partial charge in [-0.1, -0.05) is 0 Å². The van der Waals surface area contributed by atoms with E-state index in [1.807, 2.05) is 0 Å². The molecule has 0 bridgehead atoms. The zero-order valence-corrected chi connectivity index (χ0v) is 8.72. The Labute approximate surface area is 95.4 Å². The first-order valence-electron chi connectivity index (χ1n) is 4.81. The van der Waals surface area contributed by atoms with Crippen LogP contribution < -0.4 is 4.74 Å². The molecule has 0 heterocycles. The fourth-order valence-corrected chi connectivity index (χ4v) is 1.14. The first-order valence-corrected chi connectivity index (χ1v) is 4.81. The SMILES string of the molecule is N#Cc1ccc(OCCCC(F)(F)F)cc1F. The van der Waals surface area contributed by atoms with Gasteiger partial charge in [-0.25, -0.2) is 4.39 Å². The van der Waals surface area contributed by atoms with Crippen LogP contribution in [0.2, 0.25) is 0 Å². The molecule has 2 nitrogen and oxygen atoms in total. The van der Waals surface area contributed by atoms with Gasteiger partial charge in [-0.3, -0.25) is 0 Å². The molecule has 0 aliphatic carbocycles. The van der Waals surface area contributed by atoms with Crippen molar-refractivity contribution < 1.29 is 22.3 Å². The number of hydrogen-bond donors (Lipinski definition) is 0. The van der Waals surface area contributed by atoms with E-state index in [0.29, 0.717) is 0 Å². The van der Waals surface area contributed by atoms with Gasteiger partial charge in [0, 0.05) is 12.5 Å². The lowest BCUT2D eigenvalue weighted by Gasteiger charge is -2.08. The minimum Gasteiger partial charge on any atom is -0.493 e. The third-order valence-electron chi connectivity index (χ3n) is 1.93. The molecule has 0 unspecified atom stereocenters. The van der Waals surface area contributed by atoms with Gasteiger partial charge in [-0.2, -0.15) is 18.4 Å². The number of nitriles is 1. The van der Waals surface area contributed by atoms with Crippen molar-refractivity contribution >= 4 is 0 Å². The first-order chi connectivity index (χ1) is 7.92. The lowest BCUT2D eigenvalue weighted by molar-refractivity contribution is -0.136. The number of alkyl halides is 3. The minimum absolute atomic E-state index is 0.115. The van der Waals surface area contributed by atoms with Crippen LogP contribution in [0, 0.1) is 17.1 Å². The van der Waals surface area contributed by atoms with Crippen molar-refractivity contribution in [1.82, 2.24) is 0 Å². The molecule has 17 heavy (non-hydrogen) atoms. The largest absolute Gasteiger partial charge is 0.493 e. The van der Waals surface area contributed by atoms with Gasteiger partial charge in [0.25, 0.3) is 0 Å². The molecule has 0 atom stereocenters. The quantitative estimate of drug-likeness (QED) is 0.603. The summed E-state index contributed by atoms with van der Waals surface area (Å²) in [6.07, 6.45) is -5.34. The second-order valence-electron chi connectivity index (χ2n) is 3.32. The Kier molecular flexibility index (Phi) is 4.32. The highest BCUT2D eigenvalue weighted by atomic mass is 19.4. The number of ether oxygens (including phenoxy) is 1. The van der Waals surface area contributed by atoms with E-state index < -0.39 is 18.4 Å². The molecular formula is C11H9F4NO. The van der Waals surface area contributed by atoms with E-state index in [1.54, 1.807) is 6.07 Å². The average molecular weight is 247 g/mol. The van der Waals surface area contributed by atoms with E-state index in [-0.39, 0.29) is 24.3 Å². The molecule has 0 saturated carbocycles. The van der Waals surface area contributed by atoms with Gasteiger partial charge in [0.1, 0.15) is 17.6 Å². The standard InChI is InChI=1S/C11H9F4NO/c12-10-6-9(3-2-8(10)7-16)17-5-1-4-11(13,14)15/h2-3,6H,1,4-5H2. The third-order valence-corrected chi connectivity index (χ3v) is 1.93. The van der Waals surface area contributed by atoms with Gasteiger partial charge in [-0.05, 0) is 18.6 Å². The maximum Gasteiger partial charge on any atom is 0.389 e. The smallest absolute Gasteiger partial charge is 0.389 e. The predicted molar refractivity (Wildman–Crippen MR) is 51.9 cm³/mol. The van der Waals surface area contributed by atoms with Crippen LogP contribution >= 0.6 is 0 Å². The van der Waals surface area contributed by atoms with Crippen molar-refractivity contribution in [3.63, 3.8) is 0 Å². The van der Waals surface area contributed by atoms with Crippen molar-refractivity contribution in [2.24, 2.45) is 0 Å². The van der Waals surface area contributed by atoms with Crippen LogP contribution in [0.4, 0.5) is 17.6 Å². The molecule has 0 radical (unpaired) electrons. The van der Waals surface area contributed by atoms with E-state index >= 15 is 0 Å². The molecular weight excluding hydrogens is 238 g/mol. The van der Waals surface area contributed by atoms with Gasteiger partial charge in [0.15, 0.2) is 0 Å². The molecule has 0 aliphatic heterocycles. The number of halogens is 4. The van der Waals surface area contributed by atoms with E-state index in [0.717, 1.165) is 6.07 Å². The van der Waals surface area contributed by atoms with Crippen LogP contribution in [0.3, 0.4) is 0 Å². The summed E-state index contributed by atoms with van der Waals surface area (Å²) in [5, 5.41) is 8.46. The zero-order valence-electron chi connectivity index (χ0n) is 8.72. The zero-order chi connectivity index (χ0) is 12.9. The maximum absolute atomic E-state index is 13.1. The summed E-state index contributed by atoms with van der Waals surface area (Å²) in [4.78, 5) is 0. The summed E-state index contributed by atoms with van der Waals surface area (Å²) in [5.74, 6) is -0.635. The van der Waals surface area contributed by atoms with Crippen molar-refractivity contribution in [2.45, 2.75) is 19.0 Å². The van der Waals surface area contributed by atoms with Gasteiger partial charge in [0.2, 0.25) is 0 Å². The molecule has 1 aromatic carbocycles. The molecule has 0 fully saturated rings. The lowest BCUT2D eigenvalue weighted by atomic mass is 10.2. The topological polar surface area (TPSA) is 33.0 Å². The highest BCUT2D eigenvalue weighted by Gasteiger charge is 2.26. The molecule has 6 heteroatoms. The first kappa shape index (κ1) is 13.3. The second kappa shape index (κ2) is 5.53. The van der Waals surface area contributed by atoms with E-state index in [1.165, 1.54) is 12.1 Å². The Bertz CT molecular complexity index is 422. The molecule has 1 aromatic rings. The summed E-state index contributed by atoms with van der Waals surface area (Å²) >= 11 is 0. The Morgan fingerprint density at radius 1 is 1.29 bits per heavy atom. The van der Waals surface area contributed by atoms with Crippen LogP contribution in [0.5, 0.6) is 5.75 Å². The summed E-state index contributed by atoms with van der Waals surface area (Å²) in [5.41, 5.74) is -0.132. The van der Waals surface area contributed by atoms with Gasteiger partial charge < -0.3 is 4.74 Å². The molecule has 0 spiro atoms. The van der Waals surface area contributed by atoms with E-state index in [9.17, 15) is 17.6 Å². The van der Waals surface area contributed by atoms with Gasteiger partial charge in [-0.15, -0.1) is 0 Å². The third kappa shape index (κ3) is 4.72. The highest BCUT2D eigenvalue weighted by molar-refractivity contribution is 5.36. The minimum atomic E-state index is -4.21. The number of rotatable bonds is 4.